The van der Waals surface area contributed by atoms with Gasteiger partial charge in [0.1, 0.15) is 11.7 Å². The van der Waals surface area contributed by atoms with Gasteiger partial charge in [0, 0.05) is 18.3 Å². The first kappa shape index (κ1) is 14.3. The first-order valence-corrected chi connectivity index (χ1v) is 8.07. The van der Waals surface area contributed by atoms with Gasteiger partial charge in [0.25, 0.3) is 5.82 Å². The summed E-state index contributed by atoms with van der Waals surface area (Å²) < 4.78 is 13.8. The van der Waals surface area contributed by atoms with Crippen LogP contribution in [-0.4, -0.2) is 16.0 Å². The van der Waals surface area contributed by atoms with Gasteiger partial charge < -0.3 is 10.3 Å². The molecule has 23 heavy (non-hydrogen) atoms. The maximum atomic E-state index is 13.8. The van der Waals surface area contributed by atoms with Crippen LogP contribution in [0.15, 0.2) is 42.7 Å². The van der Waals surface area contributed by atoms with Crippen molar-refractivity contribution in [2.75, 3.05) is 0 Å². The summed E-state index contributed by atoms with van der Waals surface area (Å²) in [5.74, 6) is 0.859. The molecule has 3 heterocycles. The van der Waals surface area contributed by atoms with E-state index < -0.39 is 0 Å². The molecule has 3 aromatic rings. The van der Waals surface area contributed by atoms with Gasteiger partial charge >= 0.3 is 0 Å². The number of hydrogen-bond donors (Lipinski definition) is 2. The Morgan fingerprint density at radius 1 is 1.22 bits per heavy atom. The summed E-state index contributed by atoms with van der Waals surface area (Å²) in [6.45, 7) is 2.19. The summed E-state index contributed by atoms with van der Waals surface area (Å²) in [5.41, 5.74) is 2.41. The quantitative estimate of drug-likeness (QED) is 0.764. The maximum Gasteiger partial charge on any atom is 0.300 e. The van der Waals surface area contributed by atoms with Crippen molar-refractivity contribution in [2.24, 2.45) is 0 Å². The molecule has 0 bridgehead atoms. The molecule has 3 atom stereocenters. The van der Waals surface area contributed by atoms with Crippen molar-refractivity contribution in [2.45, 2.75) is 37.8 Å². The fourth-order valence-electron chi connectivity index (χ4n) is 3.57. The van der Waals surface area contributed by atoms with Crippen molar-refractivity contribution in [3.05, 3.63) is 59.9 Å². The van der Waals surface area contributed by atoms with Crippen LogP contribution in [0.25, 0.3) is 11.0 Å². The fourth-order valence-corrected chi connectivity index (χ4v) is 3.57. The first-order chi connectivity index (χ1) is 11.2. The van der Waals surface area contributed by atoms with E-state index in [-0.39, 0.29) is 11.7 Å². The molecule has 1 fully saturated rings. The number of piperidine rings is 1. The van der Waals surface area contributed by atoms with Crippen molar-refractivity contribution in [1.29, 1.82) is 0 Å². The van der Waals surface area contributed by atoms with Crippen LogP contribution in [0, 0.1) is 5.82 Å². The standard InChI is InChI=1S/C18H19FN4/c1-11-7-13(8-15(22-11)12-5-3-2-4-6-12)18-21-10-16-17(23-18)14(19)9-20-16/h2-6,9-11,13,15,20,22H,7-8H2,1H3/p+1. The molecular formula is C18H20FN4+. The van der Waals surface area contributed by atoms with Crippen molar-refractivity contribution < 1.29 is 9.37 Å². The molecule has 4 rings (SSSR count). The largest absolute Gasteiger partial charge is 0.352 e. The predicted octanol–water partition coefficient (Wildman–Crippen LogP) is 3.11. The van der Waals surface area contributed by atoms with Crippen molar-refractivity contribution in [3.63, 3.8) is 0 Å². The zero-order chi connectivity index (χ0) is 15.8. The number of hydrogen-bond acceptors (Lipinski definition) is 2. The Hall–Kier alpha value is -2.27. The lowest BCUT2D eigenvalue weighted by Crippen LogP contribution is -2.39. The van der Waals surface area contributed by atoms with Crippen molar-refractivity contribution in [3.8, 4) is 0 Å². The molecule has 5 heteroatoms. The second-order valence-electron chi connectivity index (χ2n) is 6.38. The van der Waals surface area contributed by atoms with Gasteiger partial charge in [0.05, 0.1) is 5.92 Å². The van der Waals surface area contributed by atoms with Crippen LogP contribution in [0.3, 0.4) is 0 Å². The van der Waals surface area contributed by atoms with Gasteiger partial charge in [-0.15, -0.1) is 0 Å². The average Bonchev–Trinajstić information content (AvgIpc) is 2.96. The second-order valence-corrected chi connectivity index (χ2v) is 6.38. The number of fused-ring (bicyclic) bond motifs is 1. The SMILES string of the molecule is CC1CC(c2nc3c(F)c[nH]c3c[nH+]2)CC(c2ccccc2)N1. The Morgan fingerprint density at radius 3 is 2.87 bits per heavy atom. The van der Waals surface area contributed by atoms with E-state index in [4.69, 9.17) is 0 Å². The Bertz CT molecular complexity index is 814. The molecule has 118 valence electrons. The molecule has 4 nitrogen and oxygen atoms in total. The second kappa shape index (κ2) is 5.74. The molecule has 0 saturated carbocycles. The third kappa shape index (κ3) is 2.72. The summed E-state index contributed by atoms with van der Waals surface area (Å²) in [5, 5.41) is 3.65. The topological polar surface area (TPSA) is 54.9 Å². The van der Waals surface area contributed by atoms with E-state index in [2.05, 4.69) is 51.5 Å². The Labute approximate surface area is 134 Å². The average molecular weight is 311 g/mol. The van der Waals surface area contributed by atoms with Gasteiger partial charge in [-0.3, -0.25) is 0 Å². The number of aromatic nitrogens is 3. The van der Waals surface area contributed by atoms with Crippen LogP contribution in [-0.2, 0) is 0 Å². The molecule has 0 radical (unpaired) electrons. The Morgan fingerprint density at radius 2 is 2.04 bits per heavy atom. The molecule has 0 amide bonds. The van der Waals surface area contributed by atoms with Crippen LogP contribution >= 0.6 is 0 Å². The number of halogens is 1. The number of nitrogens with zero attached hydrogens (tertiary/aromatic N) is 1. The van der Waals surface area contributed by atoms with Gasteiger partial charge in [0.2, 0.25) is 5.52 Å². The van der Waals surface area contributed by atoms with Crippen LogP contribution in [0.2, 0.25) is 0 Å². The van der Waals surface area contributed by atoms with E-state index in [0.717, 1.165) is 18.7 Å². The monoisotopic (exact) mass is 311 g/mol. The lowest BCUT2D eigenvalue weighted by molar-refractivity contribution is -0.397. The van der Waals surface area contributed by atoms with E-state index >= 15 is 0 Å². The molecule has 0 aliphatic carbocycles. The minimum atomic E-state index is -0.295. The van der Waals surface area contributed by atoms with Crippen molar-refractivity contribution in [1.82, 2.24) is 15.3 Å². The maximum absolute atomic E-state index is 13.8. The summed E-state index contributed by atoms with van der Waals surface area (Å²) >= 11 is 0. The Kier molecular flexibility index (Phi) is 3.58. The Balaban J connectivity index is 1.65. The zero-order valence-corrected chi connectivity index (χ0v) is 13.0. The van der Waals surface area contributed by atoms with Gasteiger partial charge in [-0.1, -0.05) is 30.3 Å². The van der Waals surface area contributed by atoms with E-state index in [9.17, 15) is 4.39 Å². The highest BCUT2D eigenvalue weighted by Gasteiger charge is 2.33. The highest BCUT2D eigenvalue weighted by Crippen LogP contribution is 2.34. The summed E-state index contributed by atoms with van der Waals surface area (Å²) in [6, 6.07) is 11.2. The molecule has 0 spiro atoms. The number of nitrogens with one attached hydrogen (secondary N) is 3. The molecule has 1 aromatic carbocycles. The predicted molar refractivity (Wildman–Crippen MR) is 86.4 cm³/mol. The molecular weight excluding hydrogens is 291 g/mol. The number of aromatic amines is 2. The summed E-state index contributed by atoms with van der Waals surface area (Å²) in [4.78, 5) is 10.7. The normalized spacial score (nSPS) is 24.9. The molecule has 1 aliphatic heterocycles. The van der Waals surface area contributed by atoms with E-state index in [0.29, 0.717) is 23.1 Å². The lowest BCUT2D eigenvalue weighted by Gasteiger charge is -2.32. The highest BCUT2D eigenvalue weighted by molar-refractivity contribution is 5.73. The summed E-state index contributed by atoms with van der Waals surface area (Å²) in [6.07, 6.45) is 5.11. The zero-order valence-electron chi connectivity index (χ0n) is 13.0. The van der Waals surface area contributed by atoms with Gasteiger partial charge in [0.15, 0.2) is 5.82 Å². The lowest BCUT2D eigenvalue weighted by atomic mass is 9.85. The molecule has 1 aliphatic rings. The van der Waals surface area contributed by atoms with Gasteiger partial charge in [-0.2, -0.15) is 0 Å². The van der Waals surface area contributed by atoms with E-state index in [1.54, 1.807) is 0 Å². The number of rotatable bonds is 2. The smallest absolute Gasteiger partial charge is 0.300 e. The third-order valence-electron chi connectivity index (χ3n) is 4.67. The highest BCUT2D eigenvalue weighted by atomic mass is 19.1. The fraction of sp³-hybridized carbons (Fsp3) is 0.333. The van der Waals surface area contributed by atoms with E-state index in [1.165, 1.54) is 11.8 Å². The molecule has 3 unspecified atom stereocenters. The van der Waals surface area contributed by atoms with Crippen LogP contribution < -0.4 is 10.3 Å². The van der Waals surface area contributed by atoms with Crippen LogP contribution in [0.5, 0.6) is 0 Å². The minimum Gasteiger partial charge on any atom is -0.352 e. The van der Waals surface area contributed by atoms with E-state index in [1.807, 2.05) is 12.3 Å². The van der Waals surface area contributed by atoms with Gasteiger partial charge in [-0.05, 0) is 30.3 Å². The molecule has 1 saturated heterocycles. The summed E-state index contributed by atoms with van der Waals surface area (Å²) in [7, 11) is 0. The number of benzene rings is 1. The van der Waals surface area contributed by atoms with Crippen LogP contribution in [0.1, 0.15) is 43.1 Å². The van der Waals surface area contributed by atoms with Crippen molar-refractivity contribution >= 4 is 11.0 Å². The first-order valence-electron chi connectivity index (χ1n) is 8.07. The molecule has 3 N–H and O–H groups in total. The van der Waals surface area contributed by atoms with Crippen LogP contribution in [0.4, 0.5) is 4.39 Å². The van der Waals surface area contributed by atoms with Gasteiger partial charge in [-0.25, -0.2) is 9.37 Å². The molecule has 2 aromatic heterocycles. The number of H-pyrrole nitrogens is 2. The third-order valence-corrected chi connectivity index (χ3v) is 4.67. The minimum absolute atomic E-state index is 0.287.